The van der Waals surface area contributed by atoms with Gasteiger partial charge in [0, 0.05) is 31.6 Å². The molecular weight excluding hydrogens is 234 g/mol. The van der Waals surface area contributed by atoms with E-state index in [-0.39, 0.29) is 0 Å². The molecule has 1 fully saturated rings. The average Bonchev–Trinajstić information content (AvgIpc) is 2.58. The summed E-state index contributed by atoms with van der Waals surface area (Å²) < 4.78 is 0. The molecule has 2 rings (SSSR count). The van der Waals surface area contributed by atoms with E-state index >= 15 is 0 Å². The van der Waals surface area contributed by atoms with Crippen molar-refractivity contribution < 1.29 is 0 Å². The second kappa shape index (κ2) is 7.04. The van der Waals surface area contributed by atoms with Gasteiger partial charge in [0.05, 0.1) is 0 Å². The Morgan fingerprint density at radius 1 is 1.26 bits per heavy atom. The molecule has 2 atom stereocenters. The minimum Gasteiger partial charge on any atom is -0.330 e. The summed E-state index contributed by atoms with van der Waals surface area (Å²) in [4.78, 5) is 5.04. The number of likely N-dealkylation sites (N-methyl/N-ethyl adjacent to an activating group) is 1. The Kier molecular flexibility index (Phi) is 5.37. The van der Waals surface area contributed by atoms with Crippen LogP contribution < -0.4 is 5.73 Å². The van der Waals surface area contributed by atoms with Gasteiger partial charge < -0.3 is 10.6 Å². The maximum atomic E-state index is 6.00. The van der Waals surface area contributed by atoms with Crippen molar-refractivity contribution >= 4 is 0 Å². The highest BCUT2D eigenvalue weighted by Gasteiger charge is 2.22. The first kappa shape index (κ1) is 14.5. The third-order valence-corrected chi connectivity index (χ3v) is 4.19. The van der Waals surface area contributed by atoms with E-state index in [9.17, 15) is 0 Å². The lowest BCUT2D eigenvalue weighted by molar-refractivity contribution is 0.192. The van der Waals surface area contributed by atoms with Gasteiger partial charge in [0.15, 0.2) is 0 Å². The molecule has 2 N–H and O–H groups in total. The molecule has 1 aliphatic heterocycles. The number of hydrogen-bond acceptors (Lipinski definition) is 3. The van der Waals surface area contributed by atoms with E-state index in [0.717, 1.165) is 19.6 Å². The van der Waals surface area contributed by atoms with Gasteiger partial charge in [-0.25, -0.2) is 0 Å². The molecule has 0 bridgehead atoms. The largest absolute Gasteiger partial charge is 0.330 e. The highest BCUT2D eigenvalue weighted by Crippen LogP contribution is 2.18. The van der Waals surface area contributed by atoms with Crippen molar-refractivity contribution in [2.24, 2.45) is 5.73 Å². The fourth-order valence-electron chi connectivity index (χ4n) is 3.02. The maximum Gasteiger partial charge on any atom is 0.0195 e. The molecule has 1 aromatic rings. The van der Waals surface area contributed by atoms with Gasteiger partial charge in [0.2, 0.25) is 0 Å². The molecule has 0 aliphatic carbocycles. The summed E-state index contributed by atoms with van der Waals surface area (Å²) >= 11 is 0. The van der Waals surface area contributed by atoms with E-state index in [4.69, 9.17) is 5.73 Å². The molecule has 0 aromatic heterocycles. The van der Waals surface area contributed by atoms with Gasteiger partial charge in [-0.2, -0.15) is 0 Å². The van der Waals surface area contributed by atoms with Crippen LogP contribution in [0.5, 0.6) is 0 Å². The predicted molar refractivity (Wildman–Crippen MR) is 81.4 cm³/mol. The first-order valence-corrected chi connectivity index (χ1v) is 7.38. The van der Waals surface area contributed by atoms with E-state index < -0.39 is 0 Å². The second-order valence-corrected chi connectivity index (χ2v) is 5.80. The molecule has 106 valence electrons. The van der Waals surface area contributed by atoms with Gasteiger partial charge in [0.25, 0.3) is 0 Å². The molecule has 1 heterocycles. The van der Waals surface area contributed by atoms with Crippen LogP contribution in [-0.2, 0) is 0 Å². The minimum atomic E-state index is 0.451. The van der Waals surface area contributed by atoms with Crippen LogP contribution in [0.25, 0.3) is 0 Å². The number of rotatable bonds is 4. The number of hydrogen-bond donors (Lipinski definition) is 1. The molecule has 19 heavy (non-hydrogen) atoms. The van der Waals surface area contributed by atoms with Crippen LogP contribution in [0.2, 0.25) is 0 Å². The molecule has 1 saturated heterocycles. The highest BCUT2D eigenvalue weighted by atomic mass is 15.2. The summed E-state index contributed by atoms with van der Waals surface area (Å²) in [5.74, 6) is 0.451. The number of nitrogens with two attached hydrogens (primary N) is 1. The van der Waals surface area contributed by atoms with E-state index in [2.05, 4.69) is 54.1 Å². The lowest BCUT2D eigenvalue weighted by Gasteiger charge is -2.31. The van der Waals surface area contributed by atoms with Gasteiger partial charge in [-0.1, -0.05) is 30.3 Å². The van der Waals surface area contributed by atoms with Gasteiger partial charge in [-0.15, -0.1) is 0 Å². The monoisotopic (exact) mass is 261 g/mol. The average molecular weight is 261 g/mol. The molecule has 2 unspecified atom stereocenters. The number of nitrogens with zero attached hydrogens (tertiary/aromatic N) is 2. The zero-order chi connectivity index (χ0) is 13.7. The Morgan fingerprint density at radius 2 is 2.00 bits per heavy atom. The third-order valence-electron chi connectivity index (χ3n) is 4.19. The van der Waals surface area contributed by atoms with Crippen LogP contribution in [0.4, 0.5) is 0 Å². The zero-order valence-corrected chi connectivity index (χ0v) is 12.3. The van der Waals surface area contributed by atoms with Crippen LogP contribution in [0.15, 0.2) is 30.3 Å². The van der Waals surface area contributed by atoms with Crippen molar-refractivity contribution in [3.8, 4) is 0 Å². The molecule has 1 aliphatic rings. The summed E-state index contributed by atoms with van der Waals surface area (Å²) in [7, 11) is 2.22. The van der Waals surface area contributed by atoms with Crippen molar-refractivity contribution in [1.82, 2.24) is 9.80 Å². The summed E-state index contributed by atoms with van der Waals surface area (Å²) in [5.41, 5.74) is 7.37. The highest BCUT2D eigenvalue weighted by molar-refractivity contribution is 5.20. The SMILES string of the molecule is CC1CN(C)CCCN1CC(CN)c1ccccc1. The van der Waals surface area contributed by atoms with E-state index in [1.807, 2.05) is 0 Å². The molecule has 0 amide bonds. The fourth-order valence-corrected chi connectivity index (χ4v) is 3.02. The first-order valence-electron chi connectivity index (χ1n) is 7.38. The van der Waals surface area contributed by atoms with Crippen molar-refractivity contribution in [3.05, 3.63) is 35.9 Å². The third kappa shape index (κ3) is 4.03. The minimum absolute atomic E-state index is 0.451. The van der Waals surface area contributed by atoms with Crippen LogP contribution in [0, 0.1) is 0 Å². The fraction of sp³-hybridized carbons (Fsp3) is 0.625. The molecule has 0 radical (unpaired) electrons. The van der Waals surface area contributed by atoms with E-state index in [1.165, 1.54) is 25.1 Å². The summed E-state index contributed by atoms with van der Waals surface area (Å²) in [6.07, 6.45) is 1.26. The second-order valence-electron chi connectivity index (χ2n) is 5.80. The normalized spacial score (nSPS) is 24.1. The smallest absolute Gasteiger partial charge is 0.0195 e. The van der Waals surface area contributed by atoms with Crippen molar-refractivity contribution in [3.63, 3.8) is 0 Å². The lowest BCUT2D eigenvalue weighted by atomic mass is 9.98. The van der Waals surface area contributed by atoms with E-state index in [0.29, 0.717) is 12.0 Å². The van der Waals surface area contributed by atoms with E-state index in [1.54, 1.807) is 0 Å². The Bertz CT molecular complexity index is 366. The van der Waals surface area contributed by atoms with Crippen LogP contribution >= 0.6 is 0 Å². The van der Waals surface area contributed by atoms with Crippen molar-refractivity contribution in [2.75, 3.05) is 39.8 Å². The molecule has 0 saturated carbocycles. The number of benzene rings is 1. The topological polar surface area (TPSA) is 32.5 Å². The predicted octanol–water partition coefficient (Wildman–Crippen LogP) is 1.75. The lowest BCUT2D eigenvalue weighted by Crippen LogP contribution is -2.41. The van der Waals surface area contributed by atoms with Crippen LogP contribution in [0.3, 0.4) is 0 Å². The maximum absolute atomic E-state index is 6.00. The molecule has 3 heteroatoms. The van der Waals surface area contributed by atoms with Gasteiger partial charge in [-0.3, -0.25) is 4.90 Å². The Labute approximate surface area is 117 Å². The van der Waals surface area contributed by atoms with Crippen LogP contribution in [-0.4, -0.2) is 55.6 Å². The van der Waals surface area contributed by atoms with Crippen LogP contribution in [0.1, 0.15) is 24.8 Å². The molecule has 1 aromatic carbocycles. The Morgan fingerprint density at radius 3 is 2.68 bits per heavy atom. The van der Waals surface area contributed by atoms with Crippen molar-refractivity contribution in [1.29, 1.82) is 0 Å². The standard InChI is InChI=1S/C16H27N3/c1-14-12-18(2)9-6-10-19(14)13-16(11-17)15-7-4-3-5-8-15/h3-5,7-8,14,16H,6,9-13,17H2,1-2H3. The Hall–Kier alpha value is -0.900. The quantitative estimate of drug-likeness (QED) is 0.896. The van der Waals surface area contributed by atoms with Crippen molar-refractivity contribution in [2.45, 2.75) is 25.3 Å². The van der Waals surface area contributed by atoms with Gasteiger partial charge in [0.1, 0.15) is 0 Å². The summed E-state index contributed by atoms with van der Waals surface area (Å²) in [6, 6.07) is 11.3. The molecular formula is C16H27N3. The summed E-state index contributed by atoms with van der Waals surface area (Å²) in [5, 5.41) is 0. The Balaban J connectivity index is 2.01. The first-order chi connectivity index (χ1) is 9.20. The van der Waals surface area contributed by atoms with Gasteiger partial charge in [-0.05, 0) is 39.0 Å². The molecule has 0 spiro atoms. The zero-order valence-electron chi connectivity index (χ0n) is 12.3. The molecule has 3 nitrogen and oxygen atoms in total. The summed E-state index contributed by atoms with van der Waals surface area (Å²) in [6.45, 7) is 7.69. The van der Waals surface area contributed by atoms with Gasteiger partial charge >= 0.3 is 0 Å².